The van der Waals surface area contributed by atoms with Gasteiger partial charge in [-0.25, -0.2) is 19.6 Å². The molecule has 14 nitrogen and oxygen atoms in total. The number of benzene rings is 1. The zero-order valence-electron chi connectivity index (χ0n) is 33.5. The molecule has 4 aromatic heterocycles. The highest BCUT2D eigenvalue weighted by molar-refractivity contribution is 7.19. The van der Waals surface area contributed by atoms with Gasteiger partial charge in [0, 0.05) is 22.8 Å². The van der Waals surface area contributed by atoms with E-state index in [1.54, 1.807) is 22.7 Å². The minimum absolute atomic E-state index is 0.101. The Morgan fingerprint density at radius 1 is 0.638 bits per heavy atom. The van der Waals surface area contributed by atoms with Crippen LogP contribution in [0.25, 0.3) is 42.0 Å². The zero-order chi connectivity index (χ0) is 41.1. The van der Waals surface area contributed by atoms with Crippen LogP contribution >= 0.6 is 22.7 Å². The molecule has 5 aromatic rings. The van der Waals surface area contributed by atoms with Crippen LogP contribution in [-0.2, 0) is 19.1 Å². The summed E-state index contributed by atoms with van der Waals surface area (Å²) in [5.74, 6) is 1.01. The van der Waals surface area contributed by atoms with Crippen LogP contribution in [0.2, 0.25) is 0 Å². The van der Waals surface area contributed by atoms with Gasteiger partial charge in [0.15, 0.2) is 0 Å². The summed E-state index contributed by atoms with van der Waals surface area (Å²) in [5, 5.41) is 5.41. The summed E-state index contributed by atoms with van der Waals surface area (Å²) in [6, 6.07) is 15.2. The summed E-state index contributed by atoms with van der Waals surface area (Å²) in [4.78, 5) is 75.4. The number of ether oxygens (including phenoxy) is 2. The molecule has 2 aliphatic rings. The molecule has 0 unspecified atom stereocenters. The van der Waals surface area contributed by atoms with Crippen molar-refractivity contribution >= 4 is 46.7 Å². The standard InChI is InChI=1S/C42H50N8O6S2/c1-23(2)35(47-41(53)55-5)39(51)49-19-7-9-29(49)37-43-21-27(45-37)33-17-15-31(57-33)25-11-13-26(14-12-25)32-16-18-34(58-32)28-22-44-38(46-28)30-10-8-20-50(30)40(52)36(24(3)4)48-42(54)56-6/h11-18,21-24,29-30,35-36H,7-10,19-20H2,1-6H3,(H,43,45)(H,44,46)(H,47,53)(H,48,54)/t29-,30-,35-,36-/m0/s1. The highest BCUT2D eigenvalue weighted by Crippen LogP contribution is 2.40. The first kappa shape index (κ1) is 40.7. The van der Waals surface area contributed by atoms with Crippen molar-refractivity contribution in [1.29, 1.82) is 0 Å². The number of imidazole rings is 2. The number of likely N-dealkylation sites (tertiary alicyclic amines) is 2. The lowest BCUT2D eigenvalue weighted by molar-refractivity contribution is -0.136. The number of aromatic nitrogens is 4. The third-order valence-electron chi connectivity index (χ3n) is 10.9. The molecule has 1 aromatic carbocycles. The minimum atomic E-state index is -0.684. The number of nitrogens with zero attached hydrogens (tertiary/aromatic N) is 4. The molecular formula is C42H50N8O6S2. The molecular weight excluding hydrogens is 777 g/mol. The van der Waals surface area contributed by atoms with E-state index in [1.807, 2.05) is 49.9 Å². The number of rotatable bonds is 12. The maximum atomic E-state index is 13.6. The van der Waals surface area contributed by atoms with Gasteiger partial charge in [-0.1, -0.05) is 52.0 Å². The number of amides is 4. The molecule has 58 heavy (non-hydrogen) atoms. The maximum absolute atomic E-state index is 13.6. The highest BCUT2D eigenvalue weighted by Gasteiger charge is 2.39. The van der Waals surface area contributed by atoms with Crippen molar-refractivity contribution in [3.05, 3.63) is 72.6 Å². The van der Waals surface area contributed by atoms with Gasteiger partial charge in [-0.3, -0.25) is 9.59 Å². The monoisotopic (exact) mass is 826 g/mol. The number of H-pyrrole nitrogens is 2. The molecule has 0 radical (unpaired) electrons. The second-order valence-corrected chi connectivity index (χ2v) is 17.5. The second-order valence-electron chi connectivity index (χ2n) is 15.4. The molecule has 6 heterocycles. The molecule has 0 saturated carbocycles. The third kappa shape index (κ3) is 8.53. The minimum Gasteiger partial charge on any atom is -0.453 e. The van der Waals surface area contributed by atoms with Crippen molar-refractivity contribution in [1.82, 2.24) is 40.4 Å². The van der Waals surface area contributed by atoms with E-state index >= 15 is 0 Å². The molecule has 16 heteroatoms. The summed E-state index contributed by atoms with van der Waals surface area (Å²) < 4.78 is 9.53. The Bertz CT molecular complexity index is 2080. The maximum Gasteiger partial charge on any atom is 0.407 e. The predicted molar refractivity (Wildman–Crippen MR) is 224 cm³/mol. The van der Waals surface area contributed by atoms with Crippen LogP contribution in [0.15, 0.2) is 60.9 Å². The Kier molecular flexibility index (Phi) is 12.3. The SMILES string of the molecule is COC(=O)N[C@H](C(=O)N1CCC[C@H]1c1ncc(-c2ccc(-c3ccc(-c4ccc(-c5cnc([C@@H]6CCCN6C(=O)[C@@H](NC(=O)OC)C(C)C)[nH]5)s4)cc3)s2)[nH]1)C(C)C. The number of methoxy groups -OCH3 is 2. The molecule has 306 valence electrons. The highest BCUT2D eigenvalue weighted by atomic mass is 32.1. The molecule has 4 amide bonds. The quantitative estimate of drug-likeness (QED) is 0.0979. The molecule has 2 saturated heterocycles. The molecule has 0 bridgehead atoms. The molecule has 4 atom stereocenters. The van der Waals surface area contributed by atoms with Crippen molar-refractivity contribution in [3.63, 3.8) is 0 Å². The first-order valence-electron chi connectivity index (χ1n) is 19.7. The van der Waals surface area contributed by atoms with Gasteiger partial charge in [0.2, 0.25) is 11.8 Å². The normalized spacial score (nSPS) is 17.8. The number of carbonyl (C=O) groups is 4. The van der Waals surface area contributed by atoms with Gasteiger partial charge >= 0.3 is 12.2 Å². The Morgan fingerprint density at radius 3 is 1.38 bits per heavy atom. The third-order valence-corrected chi connectivity index (χ3v) is 13.2. The molecule has 7 rings (SSSR count). The number of hydrogen-bond donors (Lipinski definition) is 4. The zero-order valence-corrected chi connectivity index (χ0v) is 35.2. The summed E-state index contributed by atoms with van der Waals surface area (Å²) >= 11 is 3.35. The van der Waals surface area contributed by atoms with Gasteiger partial charge in [-0.2, -0.15) is 0 Å². The van der Waals surface area contributed by atoms with Crippen LogP contribution in [0, 0.1) is 11.8 Å². The number of aromatic amines is 2. The van der Waals surface area contributed by atoms with E-state index in [2.05, 4.69) is 69.1 Å². The Balaban J connectivity index is 0.999. The van der Waals surface area contributed by atoms with E-state index in [9.17, 15) is 19.2 Å². The summed E-state index contributed by atoms with van der Waals surface area (Å²) in [6.07, 6.45) is 5.70. The summed E-state index contributed by atoms with van der Waals surface area (Å²) in [6.45, 7) is 8.82. The lowest BCUT2D eigenvalue weighted by Gasteiger charge is -2.30. The fourth-order valence-corrected chi connectivity index (χ4v) is 9.68. The van der Waals surface area contributed by atoms with Crippen molar-refractivity contribution in [2.45, 2.75) is 77.5 Å². The molecule has 0 spiro atoms. The van der Waals surface area contributed by atoms with Crippen molar-refractivity contribution in [3.8, 4) is 42.0 Å². The first-order valence-corrected chi connectivity index (χ1v) is 21.3. The average molecular weight is 827 g/mol. The van der Waals surface area contributed by atoms with E-state index in [4.69, 9.17) is 19.4 Å². The fourth-order valence-electron chi connectivity index (χ4n) is 7.72. The van der Waals surface area contributed by atoms with Crippen molar-refractivity contribution < 1.29 is 28.7 Å². The van der Waals surface area contributed by atoms with Gasteiger partial charge in [0.05, 0.1) is 59.8 Å². The number of carbonyl (C=O) groups excluding carboxylic acids is 4. The number of nitrogens with one attached hydrogen (secondary N) is 4. The summed E-state index contributed by atoms with van der Waals surface area (Å²) in [7, 11) is 2.59. The largest absolute Gasteiger partial charge is 0.453 e. The predicted octanol–water partition coefficient (Wildman–Crippen LogP) is 8.01. The van der Waals surface area contributed by atoms with Gasteiger partial charge in [0.1, 0.15) is 23.7 Å². The topological polar surface area (TPSA) is 175 Å². The second kappa shape index (κ2) is 17.6. The van der Waals surface area contributed by atoms with Gasteiger partial charge < -0.3 is 39.9 Å². The van der Waals surface area contributed by atoms with Crippen LogP contribution in [-0.4, -0.2) is 93.1 Å². The van der Waals surface area contributed by atoms with E-state index in [-0.39, 0.29) is 35.7 Å². The van der Waals surface area contributed by atoms with Crippen LogP contribution < -0.4 is 10.6 Å². The fraction of sp³-hybridized carbons (Fsp3) is 0.429. The lowest BCUT2D eigenvalue weighted by Crippen LogP contribution is -2.51. The molecule has 0 aliphatic carbocycles. The van der Waals surface area contributed by atoms with Crippen LogP contribution in [0.4, 0.5) is 9.59 Å². The van der Waals surface area contributed by atoms with Gasteiger partial charge in [0.25, 0.3) is 0 Å². The number of alkyl carbamates (subject to hydrolysis) is 2. The van der Waals surface area contributed by atoms with Gasteiger partial charge in [-0.15, -0.1) is 22.7 Å². The Morgan fingerprint density at radius 2 is 1.02 bits per heavy atom. The van der Waals surface area contributed by atoms with Crippen molar-refractivity contribution in [2.75, 3.05) is 27.3 Å². The molecule has 2 aliphatic heterocycles. The van der Waals surface area contributed by atoms with Crippen LogP contribution in [0.1, 0.15) is 77.1 Å². The summed E-state index contributed by atoms with van der Waals surface area (Å²) in [5.41, 5.74) is 4.01. The van der Waals surface area contributed by atoms with Crippen molar-refractivity contribution in [2.24, 2.45) is 11.8 Å². The lowest BCUT2D eigenvalue weighted by atomic mass is 10.0. The molecule has 4 N–H and O–H groups in total. The number of hydrogen-bond acceptors (Lipinski definition) is 10. The smallest absolute Gasteiger partial charge is 0.407 e. The Labute approximate surface area is 345 Å². The first-order chi connectivity index (χ1) is 27.9. The van der Waals surface area contributed by atoms with E-state index in [0.717, 1.165) is 79.4 Å². The number of thiophene rings is 2. The van der Waals surface area contributed by atoms with Crippen LogP contribution in [0.3, 0.4) is 0 Å². The van der Waals surface area contributed by atoms with E-state index in [0.29, 0.717) is 13.1 Å². The van der Waals surface area contributed by atoms with E-state index in [1.165, 1.54) is 14.2 Å². The average Bonchev–Trinajstić information content (AvgIpc) is 4.07. The van der Waals surface area contributed by atoms with Crippen LogP contribution in [0.5, 0.6) is 0 Å². The Hall–Kier alpha value is -5.48. The molecule has 2 fully saturated rings. The van der Waals surface area contributed by atoms with Gasteiger partial charge in [-0.05, 0) is 72.9 Å². The van der Waals surface area contributed by atoms with E-state index < -0.39 is 24.3 Å².